The molecular formula is C19H9N5. The second-order valence-electron chi connectivity index (χ2n) is 5.54. The molecule has 5 heteroatoms. The molecule has 5 nitrogen and oxygen atoms in total. The zero-order valence-corrected chi connectivity index (χ0v) is 12.4. The van der Waals surface area contributed by atoms with Gasteiger partial charge in [-0.3, -0.25) is 9.97 Å². The first kappa shape index (κ1) is 12.9. The fraction of sp³-hybridized carbons (Fsp3) is 0. The van der Waals surface area contributed by atoms with E-state index in [2.05, 4.69) is 16.0 Å². The van der Waals surface area contributed by atoms with E-state index in [-0.39, 0.29) is 0 Å². The van der Waals surface area contributed by atoms with Gasteiger partial charge in [-0.2, -0.15) is 5.26 Å². The molecule has 0 spiro atoms. The topological polar surface area (TPSA) is 75.3 Å². The molecule has 0 unspecified atom stereocenters. The third-order valence-corrected chi connectivity index (χ3v) is 4.14. The first-order valence-electron chi connectivity index (χ1n) is 7.48. The van der Waals surface area contributed by atoms with E-state index in [4.69, 9.17) is 15.2 Å². The largest absolute Gasteiger partial charge is 0.255 e. The average Bonchev–Trinajstić information content (AvgIpc) is 2.66. The Morgan fingerprint density at radius 3 is 2.21 bits per heavy atom. The summed E-state index contributed by atoms with van der Waals surface area (Å²) in [6, 6.07) is 15.3. The Hall–Kier alpha value is -3.65. The number of hydrogen-bond acceptors (Lipinski definition) is 5. The number of rotatable bonds is 0. The Morgan fingerprint density at radius 2 is 1.42 bits per heavy atom. The number of pyridine rings is 2. The van der Waals surface area contributed by atoms with Crippen LogP contribution in [0.3, 0.4) is 0 Å². The van der Waals surface area contributed by atoms with Gasteiger partial charge >= 0.3 is 0 Å². The quantitative estimate of drug-likeness (QED) is 0.322. The Labute approximate surface area is 136 Å². The molecule has 110 valence electrons. The fourth-order valence-corrected chi connectivity index (χ4v) is 3.07. The van der Waals surface area contributed by atoms with E-state index < -0.39 is 0 Å². The van der Waals surface area contributed by atoms with Crippen molar-refractivity contribution in [2.75, 3.05) is 0 Å². The second-order valence-corrected chi connectivity index (χ2v) is 5.54. The molecule has 0 aliphatic heterocycles. The molecule has 0 N–H and O–H groups in total. The Kier molecular flexibility index (Phi) is 2.50. The van der Waals surface area contributed by atoms with Crippen LogP contribution in [0.15, 0.2) is 54.9 Å². The van der Waals surface area contributed by atoms with Crippen LogP contribution in [-0.4, -0.2) is 19.9 Å². The molecule has 3 heterocycles. The molecule has 3 aromatic heterocycles. The molecule has 2 aromatic carbocycles. The van der Waals surface area contributed by atoms with Crippen LogP contribution in [0.2, 0.25) is 0 Å². The van der Waals surface area contributed by atoms with Gasteiger partial charge in [-0.1, -0.05) is 0 Å². The SMILES string of the molecule is N#Cc1ccc2nc3c4ncccc4c4ncccc4c3nc2c1. The molecular weight excluding hydrogens is 298 g/mol. The van der Waals surface area contributed by atoms with Crippen molar-refractivity contribution in [2.24, 2.45) is 0 Å². The standard InChI is InChI=1S/C19H9N5/c20-10-11-5-6-14-15(9-11)24-18-13-4-2-7-21-16(13)12-3-1-8-22-17(12)19(18)23-14/h1-9H. The minimum absolute atomic E-state index is 0.567. The van der Waals surface area contributed by atoms with Gasteiger partial charge in [0.1, 0.15) is 16.6 Å². The van der Waals surface area contributed by atoms with Crippen LogP contribution in [0.5, 0.6) is 0 Å². The van der Waals surface area contributed by atoms with E-state index in [9.17, 15) is 0 Å². The lowest BCUT2D eigenvalue weighted by atomic mass is 10.1. The summed E-state index contributed by atoms with van der Waals surface area (Å²) in [4.78, 5) is 18.6. The van der Waals surface area contributed by atoms with Crippen molar-refractivity contribution >= 4 is 43.9 Å². The second kappa shape index (κ2) is 4.67. The lowest BCUT2D eigenvalue weighted by Gasteiger charge is -2.08. The van der Waals surface area contributed by atoms with E-state index in [1.807, 2.05) is 30.3 Å². The van der Waals surface area contributed by atoms with E-state index in [0.717, 1.165) is 38.4 Å². The first-order chi connectivity index (χ1) is 11.8. The lowest BCUT2D eigenvalue weighted by molar-refractivity contribution is 1.36. The summed E-state index contributed by atoms with van der Waals surface area (Å²) >= 11 is 0. The van der Waals surface area contributed by atoms with Crippen LogP contribution in [0.25, 0.3) is 43.9 Å². The molecule has 0 atom stereocenters. The number of nitrogens with zero attached hydrogens (tertiary/aromatic N) is 5. The minimum Gasteiger partial charge on any atom is -0.255 e. The Morgan fingerprint density at radius 1 is 0.708 bits per heavy atom. The van der Waals surface area contributed by atoms with E-state index in [0.29, 0.717) is 11.1 Å². The molecule has 5 aromatic rings. The summed E-state index contributed by atoms with van der Waals surface area (Å²) in [6.07, 6.45) is 3.52. The molecule has 0 saturated carbocycles. The van der Waals surface area contributed by atoms with Gasteiger partial charge < -0.3 is 0 Å². The van der Waals surface area contributed by atoms with Crippen LogP contribution >= 0.6 is 0 Å². The maximum Gasteiger partial charge on any atom is 0.116 e. The molecule has 24 heavy (non-hydrogen) atoms. The smallest absolute Gasteiger partial charge is 0.116 e. The number of aromatic nitrogens is 4. The van der Waals surface area contributed by atoms with Crippen LogP contribution in [0, 0.1) is 11.3 Å². The highest BCUT2D eigenvalue weighted by atomic mass is 14.8. The van der Waals surface area contributed by atoms with E-state index in [1.54, 1.807) is 24.5 Å². The van der Waals surface area contributed by atoms with Gasteiger partial charge in [0.25, 0.3) is 0 Å². The van der Waals surface area contributed by atoms with Crippen molar-refractivity contribution in [1.29, 1.82) is 5.26 Å². The van der Waals surface area contributed by atoms with Crippen molar-refractivity contribution in [1.82, 2.24) is 19.9 Å². The summed E-state index contributed by atoms with van der Waals surface area (Å²) in [5.74, 6) is 0. The van der Waals surface area contributed by atoms with Gasteiger partial charge in [0.05, 0.1) is 28.2 Å². The highest BCUT2D eigenvalue weighted by Crippen LogP contribution is 2.31. The highest BCUT2D eigenvalue weighted by Gasteiger charge is 2.13. The monoisotopic (exact) mass is 307 g/mol. The molecule has 0 bridgehead atoms. The van der Waals surface area contributed by atoms with E-state index in [1.165, 1.54) is 0 Å². The normalized spacial score (nSPS) is 11.3. The average molecular weight is 307 g/mol. The molecule has 0 aliphatic carbocycles. The third kappa shape index (κ3) is 1.68. The van der Waals surface area contributed by atoms with E-state index >= 15 is 0 Å². The van der Waals surface area contributed by atoms with Gasteiger partial charge in [-0.15, -0.1) is 0 Å². The summed E-state index contributed by atoms with van der Waals surface area (Å²) in [5, 5.41) is 11.0. The third-order valence-electron chi connectivity index (χ3n) is 4.14. The number of hydrogen-bond donors (Lipinski definition) is 0. The van der Waals surface area contributed by atoms with Crippen LogP contribution in [0.4, 0.5) is 0 Å². The predicted octanol–water partition coefficient (Wildman–Crippen LogP) is 3.75. The lowest BCUT2D eigenvalue weighted by Crippen LogP contribution is -1.94. The molecule has 0 aliphatic rings. The maximum atomic E-state index is 9.11. The molecule has 0 amide bonds. The highest BCUT2D eigenvalue weighted by molar-refractivity contribution is 6.21. The zero-order valence-electron chi connectivity index (χ0n) is 12.4. The van der Waals surface area contributed by atoms with Gasteiger partial charge in [0, 0.05) is 23.2 Å². The summed E-state index contributed by atoms with van der Waals surface area (Å²) in [7, 11) is 0. The number of benzene rings is 2. The Balaban J connectivity index is 2.10. The number of fused-ring (bicyclic) bond motifs is 7. The zero-order chi connectivity index (χ0) is 16.1. The van der Waals surface area contributed by atoms with Crippen molar-refractivity contribution in [2.45, 2.75) is 0 Å². The molecule has 5 rings (SSSR count). The fourth-order valence-electron chi connectivity index (χ4n) is 3.07. The maximum absolute atomic E-state index is 9.11. The van der Waals surface area contributed by atoms with Crippen LogP contribution < -0.4 is 0 Å². The minimum atomic E-state index is 0.567. The van der Waals surface area contributed by atoms with Crippen LogP contribution in [0.1, 0.15) is 5.56 Å². The van der Waals surface area contributed by atoms with Crippen molar-refractivity contribution in [3.63, 3.8) is 0 Å². The van der Waals surface area contributed by atoms with Gasteiger partial charge in [0.15, 0.2) is 0 Å². The van der Waals surface area contributed by atoms with Gasteiger partial charge in [-0.25, -0.2) is 9.97 Å². The van der Waals surface area contributed by atoms with Crippen molar-refractivity contribution < 1.29 is 0 Å². The summed E-state index contributed by atoms with van der Waals surface area (Å²) in [6.45, 7) is 0. The summed E-state index contributed by atoms with van der Waals surface area (Å²) < 4.78 is 0. The van der Waals surface area contributed by atoms with Crippen LogP contribution in [-0.2, 0) is 0 Å². The number of nitriles is 1. The predicted molar refractivity (Wildman–Crippen MR) is 92.4 cm³/mol. The first-order valence-corrected chi connectivity index (χ1v) is 7.48. The molecule has 0 fully saturated rings. The summed E-state index contributed by atoms with van der Waals surface area (Å²) in [5.41, 5.74) is 5.17. The Bertz CT molecular complexity index is 1320. The van der Waals surface area contributed by atoms with Crippen molar-refractivity contribution in [3.8, 4) is 6.07 Å². The molecule has 0 radical (unpaired) electrons. The van der Waals surface area contributed by atoms with Crippen molar-refractivity contribution in [3.05, 3.63) is 60.4 Å². The molecule has 0 saturated heterocycles. The van der Waals surface area contributed by atoms with Gasteiger partial charge in [-0.05, 0) is 42.5 Å². The van der Waals surface area contributed by atoms with Gasteiger partial charge in [0.2, 0.25) is 0 Å².